The van der Waals surface area contributed by atoms with Crippen LogP contribution < -0.4 is 5.32 Å². The highest BCUT2D eigenvalue weighted by atomic mass is 16.5. The molecule has 1 saturated carbocycles. The third-order valence-corrected chi connectivity index (χ3v) is 4.48. The number of nitrogens with zero attached hydrogens (tertiary/aromatic N) is 2. The summed E-state index contributed by atoms with van der Waals surface area (Å²) in [5.74, 6) is 0.612. The molecule has 2 unspecified atom stereocenters. The van der Waals surface area contributed by atoms with Gasteiger partial charge in [-0.05, 0) is 45.1 Å². The molecule has 1 N–H and O–H groups in total. The summed E-state index contributed by atoms with van der Waals surface area (Å²) in [5, 5.41) is 3.42. The van der Waals surface area contributed by atoms with Gasteiger partial charge in [-0.15, -0.1) is 0 Å². The van der Waals surface area contributed by atoms with Gasteiger partial charge < -0.3 is 10.1 Å². The third-order valence-electron chi connectivity index (χ3n) is 4.48. The van der Waals surface area contributed by atoms with Crippen molar-refractivity contribution >= 4 is 0 Å². The molecule has 2 aliphatic rings. The quantitative estimate of drug-likeness (QED) is 0.888. The Kier molecular flexibility index (Phi) is 3.31. The van der Waals surface area contributed by atoms with Crippen LogP contribution in [0.15, 0.2) is 18.6 Å². The highest BCUT2D eigenvalue weighted by Crippen LogP contribution is 2.46. The SMILES string of the molecule is CNC(c1cnccn1)C1CCOC2(CCC2)C1. The topological polar surface area (TPSA) is 47.0 Å². The van der Waals surface area contributed by atoms with Gasteiger partial charge in [0.2, 0.25) is 0 Å². The van der Waals surface area contributed by atoms with Crippen molar-refractivity contribution in [3.05, 3.63) is 24.3 Å². The zero-order valence-corrected chi connectivity index (χ0v) is 10.9. The first-order valence-corrected chi connectivity index (χ1v) is 6.90. The van der Waals surface area contributed by atoms with Crippen LogP contribution in [0.5, 0.6) is 0 Å². The average Bonchev–Trinajstić information content (AvgIpc) is 2.39. The second-order valence-corrected chi connectivity index (χ2v) is 5.53. The van der Waals surface area contributed by atoms with E-state index in [9.17, 15) is 0 Å². The van der Waals surface area contributed by atoms with Gasteiger partial charge in [0.1, 0.15) is 0 Å². The first-order valence-electron chi connectivity index (χ1n) is 6.90. The lowest BCUT2D eigenvalue weighted by atomic mass is 9.70. The number of hydrogen-bond acceptors (Lipinski definition) is 4. The van der Waals surface area contributed by atoms with Gasteiger partial charge in [0.25, 0.3) is 0 Å². The normalized spacial score (nSPS) is 27.7. The van der Waals surface area contributed by atoms with Gasteiger partial charge in [-0.2, -0.15) is 0 Å². The Bertz CT molecular complexity index is 391. The highest BCUT2D eigenvalue weighted by molar-refractivity contribution is 5.07. The first-order chi connectivity index (χ1) is 8.83. The van der Waals surface area contributed by atoms with Crippen molar-refractivity contribution in [2.75, 3.05) is 13.7 Å². The molecular formula is C14H21N3O. The fraction of sp³-hybridized carbons (Fsp3) is 0.714. The molecule has 98 valence electrons. The van der Waals surface area contributed by atoms with Crippen LogP contribution in [0.3, 0.4) is 0 Å². The second-order valence-electron chi connectivity index (χ2n) is 5.53. The number of rotatable bonds is 3. The summed E-state index contributed by atoms with van der Waals surface area (Å²) < 4.78 is 6.00. The molecule has 4 nitrogen and oxygen atoms in total. The zero-order valence-electron chi connectivity index (χ0n) is 10.9. The summed E-state index contributed by atoms with van der Waals surface area (Å²) in [6.45, 7) is 0.892. The number of aromatic nitrogens is 2. The predicted octanol–water partition coefficient (Wildman–Crippen LogP) is 2.09. The Labute approximate surface area is 108 Å². The molecule has 1 aromatic heterocycles. The van der Waals surface area contributed by atoms with Gasteiger partial charge in [0.15, 0.2) is 0 Å². The summed E-state index contributed by atoms with van der Waals surface area (Å²) in [7, 11) is 2.02. The molecule has 2 fully saturated rings. The van der Waals surface area contributed by atoms with Gasteiger partial charge >= 0.3 is 0 Å². The molecule has 0 bridgehead atoms. The summed E-state index contributed by atoms with van der Waals surface area (Å²) in [6, 6.07) is 0.306. The van der Waals surface area contributed by atoms with Crippen molar-refractivity contribution < 1.29 is 4.74 Å². The molecule has 4 heteroatoms. The third kappa shape index (κ3) is 2.15. The van der Waals surface area contributed by atoms with Crippen LogP contribution in [-0.2, 0) is 4.74 Å². The lowest BCUT2D eigenvalue weighted by Crippen LogP contribution is -2.47. The maximum Gasteiger partial charge on any atom is 0.0758 e. The van der Waals surface area contributed by atoms with Crippen LogP contribution >= 0.6 is 0 Å². The van der Waals surface area contributed by atoms with Crippen LogP contribution in [0.1, 0.15) is 43.8 Å². The second kappa shape index (κ2) is 4.94. The summed E-state index contributed by atoms with van der Waals surface area (Å²) in [4.78, 5) is 8.64. The van der Waals surface area contributed by atoms with E-state index in [-0.39, 0.29) is 5.60 Å². The van der Waals surface area contributed by atoms with E-state index in [1.54, 1.807) is 12.4 Å². The van der Waals surface area contributed by atoms with Crippen LogP contribution in [0.2, 0.25) is 0 Å². The first kappa shape index (κ1) is 12.1. The molecule has 1 aliphatic carbocycles. The Hall–Kier alpha value is -1.00. The summed E-state index contributed by atoms with van der Waals surface area (Å²) in [5.41, 5.74) is 1.25. The Morgan fingerprint density at radius 3 is 2.94 bits per heavy atom. The zero-order chi connectivity index (χ0) is 12.4. The minimum absolute atomic E-state index is 0.195. The molecule has 3 rings (SSSR count). The lowest BCUT2D eigenvalue weighted by Gasteiger charge is -2.48. The molecule has 18 heavy (non-hydrogen) atoms. The molecular weight excluding hydrogens is 226 g/mol. The van der Waals surface area contributed by atoms with Gasteiger partial charge in [0.05, 0.1) is 17.3 Å². The van der Waals surface area contributed by atoms with Gasteiger partial charge in [-0.25, -0.2) is 0 Å². The molecule has 0 amide bonds. The van der Waals surface area contributed by atoms with E-state index >= 15 is 0 Å². The predicted molar refractivity (Wildman–Crippen MR) is 69.1 cm³/mol. The maximum absolute atomic E-state index is 6.00. The molecule has 0 radical (unpaired) electrons. The molecule has 1 aliphatic heterocycles. The highest BCUT2D eigenvalue weighted by Gasteiger charge is 2.44. The minimum atomic E-state index is 0.195. The van der Waals surface area contributed by atoms with E-state index < -0.39 is 0 Å². The molecule has 0 aromatic carbocycles. The van der Waals surface area contributed by atoms with Gasteiger partial charge in [0, 0.05) is 25.2 Å². The Balaban J connectivity index is 1.75. The van der Waals surface area contributed by atoms with Crippen molar-refractivity contribution in [3.63, 3.8) is 0 Å². The van der Waals surface area contributed by atoms with Crippen molar-refractivity contribution in [2.24, 2.45) is 5.92 Å². The van der Waals surface area contributed by atoms with E-state index in [1.807, 2.05) is 13.2 Å². The number of hydrogen-bond donors (Lipinski definition) is 1. The summed E-state index contributed by atoms with van der Waals surface area (Å²) >= 11 is 0. The van der Waals surface area contributed by atoms with Crippen molar-refractivity contribution in [2.45, 2.75) is 43.7 Å². The van der Waals surface area contributed by atoms with Crippen LogP contribution in [0.25, 0.3) is 0 Å². The van der Waals surface area contributed by atoms with Crippen molar-refractivity contribution in [1.82, 2.24) is 15.3 Å². The standard InChI is InChI=1S/C14H21N3O/c1-15-13(12-10-16-6-7-17-12)11-3-8-18-14(9-11)4-2-5-14/h6-7,10-11,13,15H,2-5,8-9H2,1H3. The fourth-order valence-corrected chi connectivity index (χ4v) is 3.37. The minimum Gasteiger partial charge on any atom is -0.375 e. The largest absolute Gasteiger partial charge is 0.375 e. The summed E-state index contributed by atoms with van der Waals surface area (Å²) in [6.07, 6.45) is 11.5. The van der Waals surface area contributed by atoms with E-state index in [1.165, 1.54) is 19.3 Å². The van der Waals surface area contributed by atoms with Gasteiger partial charge in [-0.3, -0.25) is 9.97 Å². The van der Waals surface area contributed by atoms with E-state index in [0.29, 0.717) is 12.0 Å². The van der Waals surface area contributed by atoms with E-state index in [0.717, 1.165) is 25.1 Å². The molecule has 1 saturated heterocycles. The Morgan fingerprint density at radius 2 is 2.33 bits per heavy atom. The molecule has 1 aromatic rings. The van der Waals surface area contributed by atoms with E-state index in [4.69, 9.17) is 4.74 Å². The fourth-order valence-electron chi connectivity index (χ4n) is 3.37. The van der Waals surface area contributed by atoms with Crippen LogP contribution in [0.4, 0.5) is 0 Å². The van der Waals surface area contributed by atoms with Crippen molar-refractivity contribution in [1.29, 1.82) is 0 Å². The molecule has 2 heterocycles. The van der Waals surface area contributed by atoms with Gasteiger partial charge in [-0.1, -0.05) is 0 Å². The average molecular weight is 247 g/mol. The van der Waals surface area contributed by atoms with Crippen molar-refractivity contribution in [3.8, 4) is 0 Å². The maximum atomic E-state index is 6.00. The lowest BCUT2D eigenvalue weighted by molar-refractivity contribution is -0.147. The Morgan fingerprint density at radius 1 is 1.44 bits per heavy atom. The molecule has 2 atom stereocenters. The van der Waals surface area contributed by atoms with E-state index in [2.05, 4.69) is 15.3 Å². The monoisotopic (exact) mass is 247 g/mol. The van der Waals surface area contributed by atoms with Crippen LogP contribution in [-0.4, -0.2) is 29.2 Å². The molecule has 1 spiro atoms. The number of nitrogens with one attached hydrogen (secondary N) is 1. The van der Waals surface area contributed by atoms with Crippen LogP contribution in [0, 0.1) is 5.92 Å². The number of ether oxygens (including phenoxy) is 1. The smallest absolute Gasteiger partial charge is 0.0758 e.